The summed E-state index contributed by atoms with van der Waals surface area (Å²) in [4.78, 5) is 27.6. The average Bonchev–Trinajstić information content (AvgIpc) is 2.48. The number of hydrogen-bond acceptors (Lipinski definition) is 3. The number of hydrogen-bond donors (Lipinski definition) is 2. The summed E-state index contributed by atoms with van der Waals surface area (Å²) in [6.07, 6.45) is 2.19. The van der Waals surface area contributed by atoms with E-state index in [9.17, 15) is 9.59 Å². The van der Waals surface area contributed by atoms with Crippen molar-refractivity contribution >= 4 is 17.6 Å². The van der Waals surface area contributed by atoms with Crippen molar-refractivity contribution in [2.75, 3.05) is 11.9 Å². The van der Waals surface area contributed by atoms with Gasteiger partial charge in [0, 0.05) is 19.2 Å². The third-order valence-corrected chi connectivity index (χ3v) is 3.06. The van der Waals surface area contributed by atoms with Crippen LogP contribution < -0.4 is 10.6 Å². The molecule has 5 heteroatoms. The molecule has 0 saturated heterocycles. The summed E-state index contributed by atoms with van der Waals surface area (Å²) < 4.78 is 0. The van der Waals surface area contributed by atoms with Gasteiger partial charge in [-0.2, -0.15) is 0 Å². The summed E-state index contributed by atoms with van der Waals surface area (Å²) in [5.74, 6) is 0.270. The Morgan fingerprint density at radius 1 is 1.09 bits per heavy atom. The molecule has 0 aliphatic heterocycles. The Kier molecular flexibility index (Phi) is 5.65. The Hall–Kier alpha value is -2.69. The molecule has 0 aliphatic rings. The molecule has 0 radical (unpaired) electrons. The molecule has 0 spiro atoms. The summed E-state index contributed by atoms with van der Waals surface area (Å²) in [7, 11) is 0. The summed E-state index contributed by atoms with van der Waals surface area (Å²) >= 11 is 0. The third kappa shape index (κ3) is 5.36. The van der Waals surface area contributed by atoms with Gasteiger partial charge in [0.25, 0.3) is 0 Å². The Morgan fingerprint density at radius 2 is 1.86 bits per heavy atom. The van der Waals surface area contributed by atoms with Gasteiger partial charge in [-0.1, -0.05) is 30.3 Å². The summed E-state index contributed by atoms with van der Waals surface area (Å²) in [5, 5.41) is 5.44. The Labute approximate surface area is 129 Å². The predicted molar refractivity (Wildman–Crippen MR) is 85.4 cm³/mol. The molecule has 2 rings (SSSR count). The highest BCUT2D eigenvalue weighted by molar-refractivity contribution is 5.90. The van der Waals surface area contributed by atoms with Crippen molar-refractivity contribution in [2.45, 2.75) is 19.8 Å². The number of anilines is 1. The highest BCUT2D eigenvalue weighted by Gasteiger charge is 2.06. The fourth-order valence-corrected chi connectivity index (χ4v) is 1.97. The smallest absolute Gasteiger partial charge is 0.227 e. The van der Waals surface area contributed by atoms with Crippen molar-refractivity contribution in [2.24, 2.45) is 0 Å². The van der Waals surface area contributed by atoms with E-state index in [1.165, 1.54) is 0 Å². The zero-order valence-corrected chi connectivity index (χ0v) is 12.5. The molecule has 0 unspecified atom stereocenters. The van der Waals surface area contributed by atoms with Gasteiger partial charge in [-0.05, 0) is 30.2 Å². The van der Waals surface area contributed by atoms with Crippen LogP contribution in [0.5, 0.6) is 0 Å². The molecule has 0 bridgehead atoms. The maximum absolute atomic E-state index is 11.8. The number of rotatable bonds is 6. The van der Waals surface area contributed by atoms with E-state index in [0.29, 0.717) is 18.8 Å². The van der Waals surface area contributed by atoms with Crippen molar-refractivity contribution in [1.29, 1.82) is 0 Å². The SMILES string of the molecule is Cc1ccnc(NC(=O)CCNC(=O)Cc2ccccc2)c1. The van der Waals surface area contributed by atoms with E-state index in [4.69, 9.17) is 0 Å². The van der Waals surface area contributed by atoms with E-state index >= 15 is 0 Å². The van der Waals surface area contributed by atoms with Crippen LogP contribution in [0.1, 0.15) is 17.5 Å². The van der Waals surface area contributed by atoms with Gasteiger partial charge in [0.15, 0.2) is 0 Å². The van der Waals surface area contributed by atoms with Crippen LogP contribution in [0.3, 0.4) is 0 Å². The quantitative estimate of drug-likeness (QED) is 0.857. The first kappa shape index (κ1) is 15.7. The number of carbonyl (C=O) groups is 2. The number of carbonyl (C=O) groups excluding carboxylic acids is 2. The van der Waals surface area contributed by atoms with Gasteiger partial charge in [0.05, 0.1) is 6.42 Å². The normalized spacial score (nSPS) is 10.0. The second-order valence-corrected chi connectivity index (χ2v) is 5.03. The average molecular weight is 297 g/mol. The molecular formula is C17H19N3O2. The number of nitrogens with zero attached hydrogens (tertiary/aromatic N) is 1. The molecule has 1 aromatic carbocycles. The first-order valence-corrected chi connectivity index (χ1v) is 7.16. The first-order valence-electron chi connectivity index (χ1n) is 7.16. The zero-order valence-electron chi connectivity index (χ0n) is 12.5. The lowest BCUT2D eigenvalue weighted by atomic mass is 10.1. The number of aryl methyl sites for hydroxylation is 1. The van der Waals surface area contributed by atoms with Gasteiger partial charge in [-0.15, -0.1) is 0 Å². The molecule has 2 N–H and O–H groups in total. The number of pyridine rings is 1. The molecule has 0 saturated carbocycles. The number of aromatic nitrogens is 1. The topological polar surface area (TPSA) is 71.1 Å². The summed E-state index contributed by atoms with van der Waals surface area (Å²) in [5.41, 5.74) is 1.98. The van der Waals surface area contributed by atoms with Crippen LogP contribution in [0.15, 0.2) is 48.7 Å². The lowest BCUT2D eigenvalue weighted by molar-refractivity contribution is -0.120. The second kappa shape index (κ2) is 7.93. The monoisotopic (exact) mass is 297 g/mol. The number of nitrogens with one attached hydrogen (secondary N) is 2. The van der Waals surface area contributed by atoms with Crippen LogP contribution >= 0.6 is 0 Å². The minimum Gasteiger partial charge on any atom is -0.355 e. The highest BCUT2D eigenvalue weighted by Crippen LogP contribution is 2.05. The Balaban J connectivity index is 1.69. The maximum Gasteiger partial charge on any atom is 0.227 e. The molecule has 1 heterocycles. The van der Waals surface area contributed by atoms with Gasteiger partial charge in [0.2, 0.25) is 11.8 Å². The molecular weight excluding hydrogens is 278 g/mol. The predicted octanol–water partition coefficient (Wildman–Crippen LogP) is 2.08. The van der Waals surface area contributed by atoms with Crippen molar-refractivity contribution in [1.82, 2.24) is 10.3 Å². The second-order valence-electron chi connectivity index (χ2n) is 5.03. The lowest BCUT2D eigenvalue weighted by Gasteiger charge is -2.07. The zero-order chi connectivity index (χ0) is 15.8. The fraction of sp³-hybridized carbons (Fsp3) is 0.235. The maximum atomic E-state index is 11.8. The van der Waals surface area contributed by atoms with Crippen molar-refractivity contribution in [3.8, 4) is 0 Å². The molecule has 2 aromatic rings. The van der Waals surface area contributed by atoms with Crippen LogP contribution in [-0.4, -0.2) is 23.3 Å². The van der Waals surface area contributed by atoms with Crippen LogP contribution in [0.25, 0.3) is 0 Å². The minimum absolute atomic E-state index is 0.0901. The Bertz CT molecular complexity index is 641. The Morgan fingerprint density at radius 3 is 2.59 bits per heavy atom. The molecule has 0 fully saturated rings. The van der Waals surface area contributed by atoms with Crippen molar-refractivity contribution in [3.05, 3.63) is 59.8 Å². The van der Waals surface area contributed by atoms with E-state index < -0.39 is 0 Å². The van der Waals surface area contributed by atoms with Crippen LogP contribution in [0, 0.1) is 6.92 Å². The molecule has 2 amide bonds. The summed E-state index contributed by atoms with van der Waals surface area (Å²) in [6, 6.07) is 13.2. The van der Waals surface area contributed by atoms with Gasteiger partial charge < -0.3 is 10.6 Å². The standard InChI is InChI=1S/C17H19N3O2/c1-13-7-9-18-15(11-13)20-16(21)8-10-19-17(22)12-14-5-3-2-4-6-14/h2-7,9,11H,8,10,12H2,1H3,(H,19,22)(H,18,20,21). The van der Waals surface area contributed by atoms with Gasteiger partial charge in [-0.3, -0.25) is 9.59 Å². The fourth-order valence-electron chi connectivity index (χ4n) is 1.97. The molecule has 5 nitrogen and oxygen atoms in total. The van der Waals surface area contributed by atoms with Gasteiger partial charge in [-0.25, -0.2) is 4.98 Å². The molecule has 1 aromatic heterocycles. The minimum atomic E-state index is -0.168. The molecule has 0 atom stereocenters. The van der Waals surface area contributed by atoms with E-state index in [-0.39, 0.29) is 18.2 Å². The molecule has 0 aliphatic carbocycles. The molecule has 22 heavy (non-hydrogen) atoms. The van der Waals surface area contributed by atoms with E-state index in [1.807, 2.05) is 43.3 Å². The lowest BCUT2D eigenvalue weighted by Crippen LogP contribution is -2.29. The summed E-state index contributed by atoms with van der Waals surface area (Å²) in [6.45, 7) is 2.24. The van der Waals surface area contributed by atoms with E-state index in [2.05, 4.69) is 15.6 Å². The number of amides is 2. The van der Waals surface area contributed by atoms with Crippen molar-refractivity contribution in [3.63, 3.8) is 0 Å². The highest BCUT2D eigenvalue weighted by atomic mass is 16.2. The van der Waals surface area contributed by atoms with E-state index in [1.54, 1.807) is 12.3 Å². The number of benzene rings is 1. The first-order chi connectivity index (χ1) is 10.6. The van der Waals surface area contributed by atoms with Crippen LogP contribution in [0.2, 0.25) is 0 Å². The van der Waals surface area contributed by atoms with Gasteiger partial charge >= 0.3 is 0 Å². The van der Waals surface area contributed by atoms with Gasteiger partial charge in [0.1, 0.15) is 5.82 Å². The largest absolute Gasteiger partial charge is 0.355 e. The van der Waals surface area contributed by atoms with Crippen LogP contribution in [0.4, 0.5) is 5.82 Å². The van der Waals surface area contributed by atoms with E-state index in [0.717, 1.165) is 11.1 Å². The van der Waals surface area contributed by atoms with Crippen molar-refractivity contribution < 1.29 is 9.59 Å². The van der Waals surface area contributed by atoms with Crippen LogP contribution in [-0.2, 0) is 16.0 Å². The third-order valence-electron chi connectivity index (χ3n) is 3.06. The molecule has 114 valence electrons.